The summed E-state index contributed by atoms with van der Waals surface area (Å²) < 4.78 is 86.8. The predicted octanol–water partition coefficient (Wildman–Crippen LogP) is 14.3. The summed E-state index contributed by atoms with van der Waals surface area (Å²) in [6.45, 7) is 16.0. The number of aromatic hydroxyl groups is 1. The highest BCUT2D eigenvalue weighted by Gasteiger charge is 2.30. The number of amides is 2. The molecule has 2 aliphatic heterocycles. The number of fused-ring (bicyclic) bond motifs is 2. The standard InChI is InChI=1S/C26H30BrFN4O4.C18H27NO5S.C15H11BrFN3O2.CH4/c1-26(2,3)36-25(33)32-9-7-16(8-10-32)14-35-23-13-21-18(12-22(23)34-4)24(30-15-29-21)31-20-6-5-17(27)11-19(20)28;1-14-5-7-16(8-6-14)25(21,22)23-13-15-9-11-19(12-10-15)17(20)24-18(2,3)4;1-22-14-5-9-12(6-13(14)21)18-7-19-15(9)20-11-3-2-8(16)4-10(11)17;/h5-6,11-13,15-16H,7-10,14H2,1-4H3,(H,29,30,31);5-8,15H,9-13H2,1-4H3;2-7,21H,1H3,(H,18,19,20);1H4. The van der Waals surface area contributed by atoms with Crippen molar-refractivity contribution in [2.75, 3.05) is 64.2 Å². The lowest BCUT2D eigenvalue weighted by Crippen LogP contribution is -2.42. The smallest absolute Gasteiger partial charge is 0.410 e. The van der Waals surface area contributed by atoms with Gasteiger partial charge in [-0.2, -0.15) is 8.42 Å². The lowest BCUT2D eigenvalue weighted by atomic mass is 9.98. The third-order valence-corrected chi connectivity index (χ3v) is 15.3. The molecule has 0 radical (unpaired) electrons. The highest BCUT2D eigenvalue weighted by Crippen LogP contribution is 2.37. The van der Waals surface area contributed by atoms with Crippen LogP contribution in [-0.4, -0.2) is 120 Å². The number of rotatable bonds is 13. The van der Waals surface area contributed by atoms with Gasteiger partial charge in [-0.25, -0.2) is 38.3 Å². The molecule has 2 amide bonds. The maximum absolute atomic E-state index is 14.4. The first-order valence-electron chi connectivity index (χ1n) is 26.6. The van der Waals surface area contributed by atoms with Crippen molar-refractivity contribution in [1.82, 2.24) is 29.7 Å². The van der Waals surface area contributed by atoms with E-state index in [1.165, 1.54) is 38.0 Å². The normalized spacial score (nSPS) is 14.0. The molecule has 0 spiro atoms. The van der Waals surface area contributed by atoms with Gasteiger partial charge in [0.25, 0.3) is 10.1 Å². The van der Waals surface area contributed by atoms with Gasteiger partial charge in [0, 0.05) is 58.0 Å². The Morgan fingerprint density at radius 3 is 1.51 bits per heavy atom. The summed E-state index contributed by atoms with van der Waals surface area (Å²) in [6, 6.07) is 22.7. The third kappa shape index (κ3) is 18.7. The van der Waals surface area contributed by atoms with Crippen LogP contribution in [0.5, 0.6) is 23.0 Å². The molecule has 0 saturated carbocycles. The molecule has 9 rings (SSSR count). The van der Waals surface area contributed by atoms with Crippen LogP contribution in [0.2, 0.25) is 0 Å². The van der Waals surface area contributed by atoms with E-state index in [2.05, 4.69) is 62.4 Å². The van der Waals surface area contributed by atoms with Crippen molar-refractivity contribution >= 4 is 99.0 Å². The average molecular weight is 1310 g/mol. The Balaban J connectivity index is 0.000000209. The van der Waals surface area contributed by atoms with E-state index < -0.39 is 33.0 Å². The van der Waals surface area contributed by atoms with Gasteiger partial charge >= 0.3 is 12.2 Å². The first-order valence-corrected chi connectivity index (χ1v) is 29.6. The topological polar surface area (TPSA) is 226 Å². The maximum atomic E-state index is 14.4. The fraction of sp³-hybridized carbons (Fsp3) is 0.400. The van der Waals surface area contributed by atoms with Crippen molar-refractivity contribution < 1.29 is 59.8 Å². The van der Waals surface area contributed by atoms with Crippen molar-refractivity contribution in [2.45, 2.75) is 97.7 Å². The van der Waals surface area contributed by atoms with Gasteiger partial charge in [-0.3, -0.25) is 4.18 Å². The van der Waals surface area contributed by atoms with Gasteiger partial charge in [-0.1, -0.05) is 57.0 Å². The number of hydrogen-bond donors (Lipinski definition) is 3. The van der Waals surface area contributed by atoms with Crippen molar-refractivity contribution in [3.8, 4) is 23.0 Å². The van der Waals surface area contributed by atoms with Gasteiger partial charge < -0.3 is 49.2 Å². The molecule has 2 saturated heterocycles. The molecule has 24 heteroatoms. The number of carbonyl (C=O) groups is 2. The van der Waals surface area contributed by atoms with Gasteiger partial charge in [-0.15, -0.1) is 0 Å². The van der Waals surface area contributed by atoms with Crippen molar-refractivity contribution in [2.24, 2.45) is 11.8 Å². The predicted molar refractivity (Wildman–Crippen MR) is 326 cm³/mol. The number of piperidine rings is 2. The van der Waals surface area contributed by atoms with E-state index in [-0.39, 0.29) is 48.5 Å². The van der Waals surface area contributed by atoms with Crippen LogP contribution in [0, 0.1) is 30.4 Å². The Bertz CT molecular complexity index is 3510. The van der Waals surface area contributed by atoms with E-state index in [0.717, 1.165) is 18.4 Å². The number of nitrogens with one attached hydrogen (secondary N) is 2. The Morgan fingerprint density at radius 2 is 1.07 bits per heavy atom. The van der Waals surface area contributed by atoms with Crippen molar-refractivity contribution in [3.05, 3.63) is 124 Å². The van der Waals surface area contributed by atoms with E-state index in [9.17, 15) is 31.9 Å². The van der Waals surface area contributed by atoms with Crippen LogP contribution in [0.15, 0.2) is 111 Å². The Labute approximate surface area is 506 Å². The number of aromatic nitrogens is 4. The van der Waals surface area contributed by atoms with E-state index in [4.69, 9.17) is 27.9 Å². The molecule has 2 aliphatic rings. The second-order valence-corrected chi connectivity index (χ2v) is 25.1. The van der Waals surface area contributed by atoms with Gasteiger partial charge in [0.05, 0.1) is 54.7 Å². The number of ether oxygens (including phenoxy) is 5. The Kier molecular flexibility index (Phi) is 22.9. The number of aryl methyl sites for hydroxylation is 1. The molecule has 4 heterocycles. The largest absolute Gasteiger partial charge is 0.504 e. The third-order valence-electron chi connectivity index (χ3n) is 13.0. The minimum atomic E-state index is -3.74. The fourth-order valence-corrected chi connectivity index (χ4v) is 10.2. The molecule has 0 atom stereocenters. The number of methoxy groups -OCH3 is 2. The van der Waals surface area contributed by atoms with Crippen molar-refractivity contribution in [1.29, 1.82) is 0 Å². The van der Waals surface area contributed by atoms with E-state index in [0.29, 0.717) is 117 Å². The number of likely N-dealkylation sites (tertiary alicyclic amines) is 2. The molecule has 0 aliphatic carbocycles. The molecule has 84 heavy (non-hydrogen) atoms. The zero-order chi connectivity index (χ0) is 60.2. The molecule has 2 fully saturated rings. The lowest BCUT2D eigenvalue weighted by molar-refractivity contribution is 0.0156. The van der Waals surface area contributed by atoms with Gasteiger partial charge in [0.2, 0.25) is 0 Å². The summed E-state index contributed by atoms with van der Waals surface area (Å²) in [6.07, 6.45) is 5.21. The Hall–Kier alpha value is -7.15. The lowest BCUT2D eigenvalue weighted by Gasteiger charge is -2.33. The maximum Gasteiger partial charge on any atom is 0.410 e. The van der Waals surface area contributed by atoms with Crippen LogP contribution < -0.4 is 24.8 Å². The molecule has 0 bridgehead atoms. The van der Waals surface area contributed by atoms with Gasteiger partial charge in [0.15, 0.2) is 23.0 Å². The van der Waals surface area contributed by atoms with E-state index in [1.54, 1.807) is 83.6 Å². The van der Waals surface area contributed by atoms with E-state index in [1.807, 2.05) is 48.5 Å². The number of carbonyl (C=O) groups excluding carboxylic acids is 2. The molecule has 5 aromatic carbocycles. The highest BCUT2D eigenvalue weighted by molar-refractivity contribution is 9.10. The Morgan fingerprint density at radius 1 is 0.631 bits per heavy atom. The number of halogens is 4. The molecular weight excluding hydrogens is 1240 g/mol. The fourth-order valence-electron chi connectivity index (χ4n) is 8.59. The summed E-state index contributed by atoms with van der Waals surface area (Å²) in [5.74, 6) is 1.85. The van der Waals surface area contributed by atoms with Crippen LogP contribution in [0.25, 0.3) is 21.8 Å². The zero-order valence-corrected chi connectivity index (χ0v) is 51.6. The molecule has 2 aromatic heterocycles. The first-order chi connectivity index (χ1) is 39.3. The van der Waals surface area contributed by atoms with Crippen LogP contribution in [0.1, 0.15) is 80.2 Å². The highest BCUT2D eigenvalue weighted by atomic mass is 79.9. The molecule has 7 aromatic rings. The average Bonchev–Trinajstić information content (AvgIpc) is 2.19. The van der Waals surface area contributed by atoms with Crippen molar-refractivity contribution in [3.63, 3.8) is 0 Å². The van der Waals surface area contributed by atoms with Crippen LogP contribution in [0.3, 0.4) is 0 Å². The van der Waals surface area contributed by atoms with Crippen LogP contribution in [-0.2, 0) is 23.8 Å². The van der Waals surface area contributed by atoms with Crippen LogP contribution in [0.4, 0.5) is 41.4 Å². The summed E-state index contributed by atoms with van der Waals surface area (Å²) in [7, 11) is -0.717. The number of nitrogens with zero attached hydrogens (tertiary/aromatic N) is 6. The zero-order valence-electron chi connectivity index (χ0n) is 47.6. The summed E-state index contributed by atoms with van der Waals surface area (Å²) in [4.78, 5) is 44.8. The number of hydrogen-bond acceptors (Lipinski definition) is 17. The summed E-state index contributed by atoms with van der Waals surface area (Å²) in [5, 5.41) is 17.0. The SMILES string of the molecule is C.COc1cc2c(Nc3ccc(Br)cc3F)ncnc2cc1O.COc1cc2c(Nc3ccc(Br)cc3F)ncnc2cc1OCC1CCN(C(=O)OC(C)(C)C)CC1.Cc1ccc(S(=O)(=O)OCC2CCN(C(=O)OC(C)(C)C)CC2)cc1. The molecule has 19 nitrogen and oxygen atoms in total. The molecule has 3 N–H and O–H groups in total. The number of anilines is 4. The summed E-state index contributed by atoms with van der Waals surface area (Å²) in [5.41, 5.74) is 1.72. The monoisotopic (exact) mass is 1310 g/mol. The number of phenols is 1. The van der Waals surface area contributed by atoms with Crippen LogP contribution >= 0.6 is 31.9 Å². The number of benzene rings is 5. The quantitative estimate of drug-likeness (QED) is 0.0912. The second kappa shape index (κ2) is 29.1. The second-order valence-electron chi connectivity index (χ2n) is 21.7. The minimum absolute atomic E-state index is 0. The molecule has 0 unspecified atom stereocenters. The van der Waals surface area contributed by atoms with Gasteiger partial charge in [-0.05, 0) is 147 Å². The number of phenolic OH excluding ortho intramolecular Hbond substituents is 1. The summed E-state index contributed by atoms with van der Waals surface area (Å²) >= 11 is 6.48. The van der Waals surface area contributed by atoms with E-state index >= 15 is 0 Å². The first kappa shape index (κ1) is 66.0. The minimum Gasteiger partial charge on any atom is -0.504 e. The molecular formula is C60H72Br2F2N8O11S. The molecule has 452 valence electrons. The van der Waals surface area contributed by atoms with Gasteiger partial charge in [0.1, 0.15) is 47.1 Å².